The third kappa shape index (κ3) is 3.71. The number of nitrogens with two attached hydrogens (primary N) is 1. The highest BCUT2D eigenvalue weighted by molar-refractivity contribution is 6.24. The van der Waals surface area contributed by atoms with Crippen molar-refractivity contribution in [3.05, 3.63) is 75.8 Å². The molecule has 2 aromatic rings. The Balaban J connectivity index is 1.61. The predicted octanol–water partition coefficient (Wildman–Crippen LogP) is 1.36. The molecule has 2 amide bonds. The highest BCUT2D eigenvalue weighted by atomic mass is 19.1. The van der Waals surface area contributed by atoms with Crippen molar-refractivity contribution in [3.8, 4) is 5.75 Å². The normalized spacial score (nSPS) is 25.9. The van der Waals surface area contributed by atoms with E-state index in [1.807, 2.05) is 0 Å². The highest BCUT2D eigenvalue weighted by Gasteiger charge is 2.64. The number of likely N-dealkylation sites (N-methyl/N-ethyl adjacent to an activating group) is 1. The number of nitrogens with zero attached hydrogens (tertiary/aromatic N) is 1. The number of Topliss-reactive ketones (excluding diaryl/α,β-unsaturated/α-hetero) is 2. The number of primary amides is 1. The fraction of sp³-hybridized carbons (Fsp3) is 0.286. The lowest BCUT2D eigenvalue weighted by molar-refractivity contribution is -0.153. The highest BCUT2D eigenvalue weighted by Crippen LogP contribution is 2.53. The second-order valence-electron chi connectivity index (χ2n) is 10.4. The first-order valence-electron chi connectivity index (χ1n) is 12.4. The number of phenolic OH excluding ortho intramolecular Hbond substituents is 1. The number of nitrogens with one attached hydrogen (secondary N) is 1. The molecule has 4 unspecified atom stereocenters. The number of benzene rings is 2. The molecule has 0 bridgehead atoms. The average Bonchev–Trinajstić information content (AvgIpc) is 2.87. The summed E-state index contributed by atoms with van der Waals surface area (Å²) in [5.41, 5.74) is 1.10. The van der Waals surface area contributed by atoms with Crippen LogP contribution in [0.15, 0.2) is 53.3 Å². The summed E-state index contributed by atoms with van der Waals surface area (Å²) >= 11 is 0. The summed E-state index contributed by atoms with van der Waals surface area (Å²) < 4.78 is 14.1. The second kappa shape index (κ2) is 9.28. The number of anilines is 1. The number of phenols is 1. The standard InChI is InChI=1S/C28H26FN3O8/c1-32(2)20-14-10-12-9-11-7-8-16(31-27(39)13-5-3-4-6-15(13)29)21(33)17(11)22(34)18(12)24(36)28(14,40)25(37)19(23(20)35)26(30)38/h3-8,12,14,20,33-34,37,40H,9-10H2,1-2H3,(H2,30,38)(H,31,39). The number of aliphatic hydroxyl groups is 3. The summed E-state index contributed by atoms with van der Waals surface area (Å²) in [6.07, 6.45) is 0.0575. The van der Waals surface area contributed by atoms with Crippen LogP contribution in [-0.2, 0) is 20.8 Å². The first kappa shape index (κ1) is 27.0. The number of hydrogen-bond donors (Lipinski definition) is 6. The van der Waals surface area contributed by atoms with E-state index in [1.54, 1.807) is 0 Å². The molecule has 208 valence electrons. The van der Waals surface area contributed by atoms with Gasteiger partial charge in [0.15, 0.2) is 11.4 Å². The van der Waals surface area contributed by atoms with E-state index in [2.05, 4.69) is 5.32 Å². The Morgan fingerprint density at radius 3 is 2.40 bits per heavy atom. The van der Waals surface area contributed by atoms with E-state index in [0.717, 1.165) is 6.07 Å². The van der Waals surface area contributed by atoms with E-state index in [-0.39, 0.29) is 35.2 Å². The number of halogens is 1. The number of ketones is 2. The van der Waals surface area contributed by atoms with Gasteiger partial charge in [0.05, 0.1) is 22.9 Å². The molecule has 7 N–H and O–H groups in total. The zero-order valence-corrected chi connectivity index (χ0v) is 21.4. The molecule has 3 aliphatic carbocycles. The van der Waals surface area contributed by atoms with Crippen molar-refractivity contribution in [1.82, 2.24) is 4.90 Å². The van der Waals surface area contributed by atoms with Crippen molar-refractivity contribution in [3.63, 3.8) is 0 Å². The Morgan fingerprint density at radius 2 is 1.77 bits per heavy atom. The van der Waals surface area contributed by atoms with E-state index in [1.165, 1.54) is 49.3 Å². The van der Waals surface area contributed by atoms with Gasteiger partial charge in [0, 0.05) is 11.5 Å². The molecule has 11 nitrogen and oxygen atoms in total. The predicted molar refractivity (Wildman–Crippen MR) is 139 cm³/mol. The zero-order chi connectivity index (χ0) is 29.3. The summed E-state index contributed by atoms with van der Waals surface area (Å²) in [4.78, 5) is 53.1. The average molecular weight is 552 g/mol. The van der Waals surface area contributed by atoms with Gasteiger partial charge in [-0.15, -0.1) is 0 Å². The first-order chi connectivity index (χ1) is 18.8. The lowest BCUT2D eigenvalue weighted by Crippen LogP contribution is -2.65. The van der Waals surface area contributed by atoms with Gasteiger partial charge in [0.1, 0.15) is 28.7 Å². The van der Waals surface area contributed by atoms with E-state index < -0.39 is 75.5 Å². The number of fused-ring (bicyclic) bond motifs is 3. The molecule has 12 heteroatoms. The van der Waals surface area contributed by atoms with Gasteiger partial charge in [-0.2, -0.15) is 0 Å². The van der Waals surface area contributed by atoms with Crippen LogP contribution in [0.4, 0.5) is 10.1 Å². The van der Waals surface area contributed by atoms with E-state index in [4.69, 9.17) is 5.73 Å². The minimum absolute atomic E-state index is 0.0434. The number of rotatable bonds is 4. The Hall–Kier alpha value is -4.55. The lowest BCUT2D eigenvalue weighted by Gasteiger charge is -2.50. The maximum absolute atomic E-state index is 14.1. The molecular formula is C28H26FN3O8. The van der Waals surface area contributed by atoms with Gasteiger partial charge in [-0.05, 0) is 56.6 Å². The number of hydrogen-bond acceptors (Lipinski definition) is 9. The van der Waals surface area contributed by atoms with Gasteiger partial charge in [-0.3, -0.25) is 24.1 Å². The Morgan fingerprint density at radius 1 is 1.10 bits per heavy atom. The zero-order valence-electron chi connectivity index (χ0n) is 21.4. The van der Waals surface area contributed by atoms with Gasteiger partial charge >= 0.3 is 0 Å². The Kier molecular flexibility index (Phi) is 6.27. The van der Waals surface area contributed by atoms with Crippen LogP contribution in [0.5, 0.6) is 5.75 Å². The quantitative estimate of drug-likeness (QED) is 0.241. The third-order valence-corrected chi connectivity index (χ3v) is 7.96. The summed E-state index contributed by atoms with van der Waals surface area (Å²) in [6, 6.07) is 6.92. The first-order valence-corrected chi connectivity index (χ1v) is 12.4. The van der Waals surface area contributed by atoms with E-state index in [9.17, 15) is 44.0 Å². The number of aromatic hydroxyl groups is 1. The van der Waals surface area contributed by atoms with Crippen LogP contribution >= 0.6 is 0 Å². The lowest BCUT2D eigenvalue weighted by atomic mass is 9.57. The van der Waals surface area contributed by atoms with E-state index in [0.29, 0.717) is 5.56 Å². The van der Waals surface area contributed by atoms with Crippen LogP contribution in [0.1, 0.15) is 27.9 Å². The minimum atomic E-state index is -2.75. The molecule has 1 fully saturated rings. The van der Waals surface area contributed by atoms with Gasteiger partial charge in [-0.1, -0.05) is 18.2 Å². The molecule has 0 radical (unpaired) electrons. The topological polar surface area (TPSA) is 190 Å². The van der Waals surface area contributed by atoms with Crippen LogP contribution < -0.4 is 11.1 Å². The number of carbonyl (C=O) groups excluding carboxylic acids is 4. The summed E-state index contributed by atoms with van der Waals surface area (Å²) in [6.45, 7) is 0. The molecule has 40 heavy (non-hydrogen) atoms. The summed E-state index contributed by atoms with van der Waals surface area (Å²) in [7, 11) is 3.03. The number of amides is 2. The molecule has 5 rings (SSSR count). The fourth-order valence-electron chi connectivity index (χ4n) is 6.15. The molecular weight excluding hydrogens is 525 g/mol. The van der Waals surface area contributed by atoms with Crippen molar-refractivity contribution < 1.29 is 44.0 Å². The van der Waals surface area contributed by atoms with Crippen LogP contribution in [-0.4, -0.2) is 74.4 Å². The van der Waals surface area contributed by atoms with Crippen molar-refractivity contribution in [1.29, 1.82) is 0 Å². The monoisotopic (exact) mass is 551 g/mol. The van der Waals surface area contributed by atoms with Crippen molar-refractivity contribution >= 4 is 34.8 Å². The molecule has 3 aliphatic rings. The molecule has 1 saturated carbocycles. The number of carbonyl (C=O) groups is 4. The Bertz CT molecular complexity index is 1580. The maximum atomic E-state index is 14.1. The van der Waals surface area contributed by atoms with Crippen LogP contribution in [0, 0.1) is 17.7 Å². The molecule has 0 aromatic heterocycles. The minimum Gasteiger partial charge on any atom is -0.508 e. The molecule has 4 atom stereocenters. The third-order valence-electron chi connectivity index (χ3n) is 7.96. The smallest absolute Gasteiger partial charge is 0.258 e. The molecule has 0 spiro atoms. The van der Waals surface area contributed by atoms with Crippen LogP contribution in [0.3, 0.4) is 0 Å². The van der Waals surface area contributed by atoms with Crippen LogP contribution in [0.25, 0.3) is 5.76 Å². The van der Waals surface area contributed by atoms with Gasteiger partial charge < -0.3 is 31.5 Å². The Labute approximate surface area is 227 Å². The largest absolute Gasteiger partial charge is 0.508 e. The molecule has 0 saturated heterocycles. The molecule has 2 aromatic carbocycles. The van der Waals surface area contributed by atoms with Crippen LogP contribution in [0.2, 0.25) is 0 Å². The van der Waals surface area contributed by atoms with Crippen molar-refractivity contribution in [2.24, 2.45) is 17.6 Å². The number of aliphatic hydroxyl groups excluding tert-OH is 2. The summed E-state index contributed by atoms with van der Waals surface area (Å²) in [5.74, 6) is -9.34. The SMILES string of the molecule is CN(C)C1C(=O)C(C(N)=O)=C(O)C2(O)C(=O)C3=C(O)c4c(ccc(NC(=O)c5ccccc5F)c4O)CC3CC12. The van der Waals surface area contributed by atoms with Gasteiger partial charge in [0.25, 0.3) is 11.8 Å². The summed E-state index contributed by atoms with van der Waals surface area (Å²) in [5, 5.41) is 47.2. The molecule has 0 aliphatic heterocycles. The van der Waals surface area contributed by atoms with E-state index >= 15 is 0 Å². The van der Waals surface area contributed by atoms with Gasteiger partial charge in [0.2, 0.25) is 5.78 Å². The van der Waals surface area contributed by atoms with Gasteiger partial charge in [-0.25, -0.2) is 4.39 Å². The van der Waals surface area contributed by atoms with Crippen molar-refractivity contribution in [2.45, 2.75) is 24.5 Å². The fourth-order valence-corrected chi connectivity index (χ4v) is 6.15. The van der Waals surface area contributed by atoms with Crippen molar-refractivity contribution in [2.75, 3.05) is 19.4 Å². The second-order valence-corrected chi connectivity index (χ2v) is 10.4. The maximum Gasteiger partial charge on any atom is 0.258 e. The molecule has 0 heterocycles.